The van der Waals surface area contributed by atoms with E-state index in [1.54, 1.807) is 48.7 Å². The second-order valence-electron chi connectivity index (χ2n) is 10.5. The van der Waals surface area contributed by atoms with E-state index < -0.39 is 12.1 Å². The maximum Gasteiger partial charge on any atom is 0.407 e. The third-order valence-electron chi connectivity index (χ3n) is 7.15. The van der Waals surface area contributed by atoms with Gasteiger partial charge in [-0.05, 0) is 73.2 Å². The number of pyridine rings is 1. The number of rotatable bonds is 11. The molecule has 1 aliphatic rings. The molecule has 0 aliphatic heterocycles. The van der Waals surface area contributed by atoms with Crippen LogP contribution in [0.1, 0.15) is 47.2 Å². The van der Waals surface area contributed by atoms with Gasteiger partial charge in [0.25, 0.3) is 0 Å². The molecule has 10 heteroatoms. The van der Waals surface area contributed by atoms with Crippen LogP contribution in [-0.4, -0.2) is 40.2 Å². The van der Waals surface area contributed by atoms with E-state index in [1.165, 1.54) is 6.07 Å². The van der Waals surface area contributed by atoms with Crippen molar-refractivity contribution in [3.63, 3.8) is 0 Å². The molecule has 226 valence electrons. The van der Waals surface area contributed by atoms with Crippen LogP contribution in [0.25, 0.3) is 0 Å². The fraction of sp³-hybridized carbons (Fsp3) is 0.235. The van der Waals surface area contributed by atoms with Gasteiger partial charge in [0.05, 0.1) is 23.8 Å². The zero-order valence-electron chi connectivity index (χ0n) is 24.0. The first kappa shape index (κ1) is 30.1. The van der Waals surface area contributed by atoms with E-state index in [4.69, 9.17) is 14.2 Å². The number of hydrogen-bond acceptors (Lipinski definition) is 7. The summed E-state index contributed by atoms with van der Waals surface area (Å²) in [7, 11) is 0. The number of nitrogens with one attached hydrogen (secondary N) is 2. The van der Waals surface area contributed by atoms with Crippen molar-refractivity contribution in [1.29, 1.82) is 0 Å². The Morgan fingerprint density at radius 3 is 2.20 bits per heavy atom. The molecule has 2 amide bonds. The van der Waals surface area contributed by atoms with Crippen molar-refractivity contribution in [3.05, 3.63) is 114 Å². The van der Waals surface area contributed by atoms with Crippen LogP contribution in [0.3, 0.4) is 0 Å². The van der Waals surface area contributed by atoms with E-state index in [1.807, 2.05) is 42.5 Å². The predicted octanol–water partition coefficient (Wildman–Crippen LogP) is 6.37. The summed E-state index contributed by atoms with van der Waals surface area (Å²) in [6.45, 7) is 0.248. The first-order chi connectivity index (χ1) is 21.4. The number of aromatic carboxylic acids is 1. The first-order valence-electron chi connectivity index (χ1n) is 14.4. The summed E-state index contributed by atoms with van der Waals surface area (Å²) in [4.78, 5) is 40.2. The van der Waals surface area contributed by atoms with E-state index in [0.29, 0.717) is 17.2 Å². The molecule has 1 fully saturated rings. The van der Waals surface area contributed by atoms with Crippen LogP contribution in [0.2, 0.25) is 0 Å². The van der Waals surface area contributed by atoms with Crippen LogP contribution >= 0.6 is 0 Å². The lowest BCUT2D eigenvalue weighted by Gasteiger charge is -2.29. The lowest BCUT2D eigenvalue weighted by molar-refractivity contribution is -0.115. The van der Waals surface area contributed by atoms with Gasteiger partial charge in [-0.3, -0.25) is 4.79 Å². The molecule has 3 aromatic carbocycles. The van der Waals surface area contributed by atoms with Crippen molar-refractivity contribution in [2.24, 2.45) is 0 Å². The summed E-state index contributed by atoms with van der Waals surface area (Å²) in [5.41, 5.74) is 1.87. The number of carboxylic acids is 1. The van der Waals surface area contributed by atoms with E-state index in [9.17, 15) is 19.5 Å². The fourth-order valence-electron chi connectivity index (χ4n) is 4.89. The lowest BCUT2D eigenvalue weighted by Crippen LogP contribution is -2.39. The number of anilines is 1. The molecular formula is C34H33N3O7. The minimum absolute atomic E-state index is 0.0257. The molecule has 3 N–H and O–H groups in total. The van der Waals surface area contributed by atoms with Crippen molar-refractivity contribution < 1.29 is 33.7 Å². The Morgan fingerprint density at radius 1 is 0.795 bits per heavy atom. The molecule has 1 saturated carbocycles. The maximum atomic E-state index is 12.4. The summed E-state index contributed by atoms with van der Waals surface area (Å²) in [5.74, 6) is 0.222. The molecule has 1 aromatic heterocycles. The highest BCUT2D eigenvalue weighted by molar-refractivity contribution is 6.00. The highest BCUT2D eigenvalue weighted by atomic mass is 16.5. The molecule has 4 aromatic rings. The maximum absolute atomic E-state index is 12.4. The summed E-state index contributed by atoms with van der Waals surface area (Å²) < 4.78 is 17.3. The largest absolute Gasteiger partial charge is 0.490 e. The minimum atomic E-state index is -1.11. The van der Waals surface area contributed by atoms with E-state index in [2.05, 4.69) is 15.6 Å². The number of ether oxygens (including phenoxy) is 3. The van der Waals surface area contributed by atoms with Gasteiger partial charge >= 0.3 is 12.1 Å². The number of carboxylic acid groups (broad SMARTS) is 1. The van der Waals surface area contributed by atoms with Gasteiger partial charge in [-0.2, -0.15) is 0 Å². The molecule has 0 bridgehead atoms. The Balaban J connectivity index is 1.03. The number of amides is 2. The number of benzene rings is 3. The van der Waals surface area contributed by atoms with Crippen molar-refractivity contribution in [2.75, 3.05) is 5.32 Å². The number of hydrogen-bond donors (Lipinski definition) is 3. The smallest absolute Gasteiger partial charge is 0.407 e. The van der Waals surface area contributed by atoms with Crippen LogP contribution < -0.4 is 20.1 Å². The van der Waals surface area contributed by atoms with Gasteiger partial charge < -0.3 is 30.0 Å². The topological polar surface area (TPSA) is 136 Å². The summed E-state index contributed by atoms with van der Waals surface area (Å²) in [5, 5.41) is 14.9. The minimum Gasteiger partial charge on any atom is -0.490 e. The Bertz CT molecular complexity index is 1550. The number of aromatic nitrogens is 1. The van der Waals surface area contributed by atoms with E-state index in [0.717, 1.165) is 37.0 Å². The molecule has 0 spiro atoms. The number of para-hydroxylation sites is 1. The molecular weight excluding hydrogens is 562 g/mol. The van der Waals surface area contributed by atoms with Gasteiger partial charge in [0, 0.05) is 18.3 Å². The van der Waals surface area contributed by atoms with Gasteiger partial charge in [-0.15, -0.1) is 0 Å². The van der Waals surface area contributed by atoms with E-state index in [-0.39, 0.29) is 42.3 Å². The molecule has 1 aliphatic carbocycles. The molecule has 0 atom stereocenters. The zero-order chi connectivity index (χ0) is 30.7. The summed E-state index contributed by atoms with van der Waals surface area (Å²) >= 11 is 0. The summed E-state index contributed by atoms with van der Waals surface area (Å²) in [6.07, 6.45) is 4.50. The summed E-state index contributed by atoms with van der Waals surface area (Å²) in [6, 6.07) is 26.6. The Kier molecular flexibility index (Phi) is 10.0. The SMILES string of the molecule is O=C(Cc1ccc(Oc2ccc(OC3CCC(NC(=O)OCc4ccccc4)CC3)cc2)nc1)Nc1ccccc1C(=O)O. The third kappa shape index (κ3) is 8.81. The standard InChI is InChI=1S/C34H33N3O7/c38-31(37-30-9-5-4-8-29(30)33(39)40)20-24-10-19-32(35-21-24)44-28-17-15-27(16-18-28)43-26-13-11-25(12-14-26)36-34(41)42-22-23-6-2-1-3-7-23/h1-10,15-19,21,25-26H,11-14,20,22H2,(H,36,41)(H,37,38)(H,39,40). The van der Waals surface area contributed by atoms with Crippen LogP contribution in [-0.2, 0) is 22.6 Å². The van der Waals surface area contributed by atoms with Crippen molar-refractivity contribution in [3.8, 4) is 17.4 Å². The Hall–Kier alpha value is -5.38. The number of carbonyl (C=O) groups is 3. The number of carbonyl (C=O) groups excluding carboxylic acids is 2. The fourth-order valence-corrected chi connectivity index (χ4v) is 4.89. The molecule has 1 heterocycles. The van der Waals surface area contributed by atoms with Gasteiger partial charge in [-0.1, -0.05) is 48.5 Å². The Morgan fingerprint density at radius 2 is 1.50 bits per heavy atom. The number of nitrogens with zero attached hydrogens (tertiary/aromatic N) is 1. The van der Waals surface area contributed by atoms with E-state index >= 15 is 0 Å². The normalized spacial score (nSPS) is 15.9. The van der Waals surface area contributed by atoms with Gasteiger partial charge in [-0.25, -0.2) is 14.6 Å². The lowest BCUT2D eigenvalue weighted by atomic mass is 9.93. The highest BCUT2D eigenvalue weighted by Crippen LogP contribution is 2.27. The van der Waals surface area contributed by atoms with Crippen molar-refractivity contribution in [1.82, 2.24) is 10.3 Å². The van der Waals surface area contributed by atoms with Crippen molar-refractivity contribution >= 4 is 23.7 Å². The Labute approximate surface area is 255 Å². The third-order valence-corrected chi connectivity index (χ3v) is 7.15. The van der Waals surface area contributed by atoms with Gasteiger partial charge in [0.1, 0.15) is 18.1 Å². The average Bonchev–Trinajstić information content (AvgIpc) is 3.03. The van der Waals surface area contributed by atoms with Crippen molar-refractivity contribution in [2.45, 2.75) is 50.9 Å². The van der Waals surface area contributed by atoms with Crippen LogP contribution in [0.4, 0.5) is 10.5 Å². The van der Waals surface area contributed by atoms with Crippen LogP contribution in [0.15, 0.2) is 97.2 Å². The highest BCUT2D eigenvalue weighted by Gasteiger charge is 2.24. The molecule has 0 radical (unpaired) electrons. The molecule has 5 rings (SSSR count). The second kappa shape index (κ2) is 14.7. The zero-order valence-corrected chi connectivity index (χ0v) is 24.0. The predicted molar refractivity (Wildman–Crippen MR) is 163 cm³/mol. The van der Waals surface area contributed by atoms with Gasteiger partial charge in [0.15, 0.2) is 0 Å². The molecule has 10 nitrogen and oxygen atoms in total. The van der Waals surface area contributed by atoms with Crippen LogP contribution in [0, 0.1) is 0 Å². The van der Waals surface area contributed by atoms with Gasteiger partial charge in [0.2, 0.25) is 11.8 Å². The second-order valence-corrected chi connectivity index (χ2v) is 10.5. The quantitative estimate of drug-likeness (QED) is 0.182. The number of alkyl carbamates (subject to hydrolysis) is 1. The molecule has 44 heavy (non-hydrogen) atoms. The first-order valence-corrected chi connectivity index (χ1v) is 14.4. The average molecular weight is 596 g/mol. The monoisotopic (exact) mass is 595 g/mol. The molecule has 0 saturated heterocycles. The van der Waals surface area contributed by atoms with Crippen LogP contribution in [0.5, 0.6) is 17.4 Å². The molecule has 0 unspecified atom stereocenters.